The molecule has 3 aliphatic rings. The molecule has 2 aliphatic heterocycles. The van der Waals surface area contributed by atoms with E-state index in [2.05, 4.69) is 4.58 Å². The van der Waals surface area contributed by atoms with E-state index in [1.165, 1.54) is 24.3 Å². The number of anilines is 1. The van der Waals surface area contributed by atoms with Crippen LogP contribution in [-0.2, 0) is 10.1 Å². The van der Waals surface area contributed by atoms with Crippen LogP contribution in [0.1, 0.15) is 33.6 Å². The van der Waals surface area contributed by atoms with Crippen LogP contribution < -0.4 is 15.7 Å². The largest absolute Gasteiger partial charge is 0.478 e. The molecule has 0 atom stereocenters. The van der Waals surface area contributed by atoms with E-state index in [4.69, 9.17) is 10.2 Å². The monoisotopic (exact) mass is 509 g/mol. The van der Waals surface area contributed by atoms with Crippen LogP contribution in [0.25, 0.3) is 33.4 Å². The minimum atomic E-state index is -4.82. The normalized spacial score (nSPS) is 14.0. The first kappa shape index (κ1) is 23.5. The van der Waals surface area contributed by atoms with Crippen LogP contribution in [0.4, 0.5) is 5.69 Å². The topological polar surface area (TPSA) is 171 Å². The molecule has 0 bridgehead atoms. The molecule has 10 nitrogen and oxygen atoms in total. The lowest BCUT2D eigenvalue weighted by molar-refractivity contribution is 0.0696. The van der Waals surface area contributed by atoms with Gasteiger partial charge in [-0.1, -0.05) is 6.07 Å². The van der Waals surface area contributed by atoms with Crippen molar-refractivity contribution in [2.45, 2.75) is 17.7 Å². The number of carbonyl (C=O) groups is 2. The first-order valence-corrected chi connectivity index (χ1v) is 12.5. The lowest BCUT2D eigenvalue weighted by atomic mass is 9.89. The summed E-state index contributed by atoms with van der Waals surface area (Å²) >= 11 is 0. The zero-order chi connectivity index (χ0) is 25.8. The summed E-state index contributed by atoms with van der Waals surface area (Å²) in [6.45, 7) is 1.68. The Morgan fingerprint density at radius 1 is 0.917 bits per heavy atom. The second-order valence-electron chi connectivity index (χ2n) is 8.56. The van der Waals surface area contributed by atoms with Gasteiger partial charge >= 0.3 is 11.9 Å². The zero-order valence-corrected chi connectivity index (χ0v) is 19.6. The number of benzene rings is 3. The molecule has 0 unspecified atom stereocenters. The number of nitrogens with two attached hydrogens (primary N) is 1. The van der Waals surface area contributed by atoms with Crippen molar-refractivity contribution in [1.29, 1.82) is 0 Å². The first-order valence-electron chi connectivity index (χ1n) is 11.0. The molecule has 1 aliphatic carbocycles. The minimum absolute atomic E-state index is 0.151. The Balaban J connectivity index is 1.98. The van der Waals surface area contributed by atoms with Gasteiger partial charge < -0.3 is 20.4 Å². The van der Waals surface area contributed by atoms with Crippen LogP contribution in [0, 0.1) is 0 Å². The predicted molar refractivity (Wildman–Crippen MR) is 131 cm³/mol. The van der Waals surface area contributed by atoms with Crippen molar-refractivity contribution in [1.82, 2.24) is 4.58 Å². The molecule has 0 spiro atoms. The third-order valence-electron chi connectivity index (χ3n) is 6.35. The number of carboxylic acids is 2. The van der Waals surface area contributed by atoms with E-state index in [1.807, 2.05) is 6.07 Å². The Kier molecular flexibility index (Phi) is 5.53. The average Bonchev–Trinajstić information content (AvgIpc) is 3.36. The zero-order valence-electron chi connectivity index (χ0n) is 18.8. The molecule has 0 radical (unpaired) electrons. The summed E-state index contributed by atoms with van der Waals surface area (Å²) < 4.78 is 42.6. The Morgan fingerprint density at radius 2 is 1.61 bits per heavy atom. The second kappa shape index (κ2) is 8.47. The van der Waals surface area contributed by atoms with Crippen molar-refractivity contribution in [3.05, 3.63) is 65.0 Å². The van der Waals surface area contributed by atoms with Crippen molar-refractivity contribution < 1.29 is 37.2 Å². The smallest absolute Gasteiger partial charge is 0.336 e. The van der Waals surface area contributed by atoms with Gasteiger partial charge in [0.05, 0.1) is 22.9 Å². The molecule has 0 saturated carbocycles. The maximum absolute atomic E-state index is 12.3. The van der Waals surface area contributed by atoms with Crippen molar-refractivity contribution in [2.24, 2.45) is 0 Å². The van der Waals surface area contributed by atoms with Crippen molar-refractivity contribution >= 4 is 38.7 Å². The molecule has 5 rings (SSSR count). The highest BCUT2D eigenvalue weighted by Crippen LogP contribution is 2.44. The second-order valence-corrected chi connectivity index (χ2v) is 9.92. The van der Waals surface area contributed by atoms with Gasteiger partial charge in [-0.2, -0.15) is 8.42 Å². The number of fused-ring (bicyclic) bond motifs is 2. The fourth-order valence-electron chi connectivity index (χ4n) is 4.73. The van der Waals surface area contributed by atoms with Gasteiger partial charge in [0.2, 0.25) is 5.36 Å². The molecule has 2 aromatic rings. The summed E-state index contributed by atoms with van der Waals surface area (Å²) in [5, 5.41) is 20.3. The Hall–Kier alpha value is -4.22. The van der Waals surface area contributed by atoms with E-state index in [0.29, 0.717) is 11.1 Å². The molecule has 5 N–H and O–H groups in total. The molecule has 2 aromatic carbocycles. The van der Waals surface area contributed by atoms with Gasteiger partial charge in [0.25, 0.3) is 10.1 Å². The number of carboxylic acid groups (broad SMARTS) is 2. The van der Waals surface area contributed by atoms with E-state index in [0.717, 1.165) is 37.4 Å². The van der Waals surface area contributed by atoms with Crippen LogP contribution >= 0.6 is 0 Å². The van der Waals surface area contributed by atoms with Crippen LogP contribution in [0.2, 0.25) is 0 Å². The van der Waals surface area contributed by atoms with Gasteiger partial charge in [-0.15, -0.1) is 0 Å². The molecular weight excluding hydrogens is 488 g/mol. The van der Waals surface area contributed by atoms with Crippen LogP contribution in [0.15, 0.2) is 57.8 Å². The Bertz CT molecular complexity index is 1730. The third-order valence-corrected chi connectivity index (χ3v) is 7.29. The van der Waals surface area contributed by atoms with Gasteiger partial charge in [0, 0.05) is 35.4 Å². The number of rotatable bonds is 4. The minimum Gasteiger partial charge on any atom is -0.478 e. The van der Waals surface area contributed by atoms with E-state index >= 15 is 0 Å². The summed E-state index contributed by atoms with van der Waals surface area (Å²) in [5.41, 5.74) is 5.84. The van der Waals surface area contributed by atoms with E-state index in [9.17, 15) is 32.8 Å². The fraction of sp³-hybridized carbons (Fsp3) is 0.160. The van der Waals surface area contributed by atoms with Crippen LogP contribution in [0.3, 0.4) is 0 Å². The highest BCUT2D eigenvalue weighted by atomic mass is 32.2. The van der Waals surface area contributed by atoms with Gasteiger partial charge in [-0.25, -0.2) is 14.2 Å². The summed E-state index contributed by atoms with van der Waals surface area (Å²) in [5.74, 6) is -2.41. The number of nitrogen functional groups attached to an aromatic ring is 1. The predicted octanol–water partition coefficient (Wildman–Crippen LogP) is 3.00. The fourth-order valence-corrected chi connectivity index (χ4v) is 5.49. The summed E-state index contributed by atoms with van der Waals surface area (Å²) in [7, 11) is -4.82. The van der Waals surface area contributed by atoms with E-state index in [1.54, 1.807) is 12.1 Å². The maximum atomic E-state index is 12.3. The van der Waals surface area contributed by atoms with E-state index < -0.39 is 27.0 Å². The number of hydrogen-bond donors (Lipinski definition) is 4. The lowest BCUT2D eigenvalue weighted by Crippen LogP contribution is -2.26. The quantitative estimate of drug-likeness (QED) is 0.140. The SMILES string of the molecule is Nc1ccc2c(-c3ccc(C(=O)O)cc3C(=O)O)c3ccc(=[N+]4CCCC4)cc-3oc2c1S(=O)(=O)O. The Labute approximate surface area is 204 Å². The van der Waals surface area contributed by atoms with E-state index in [-0.39, 0.29) is 39.1 Å². The van der Waals surface area contributed by atoms with Gasteiger partial charge in [0.1, 0.15) is 18.8 Å². The molecule has 184 valence electrons. The summed E-state index contributed by atoms with van der Waals surface area (Å²) in [6.07, 6.45) is 2.05. The summed E-state index contributed by atoms with van der Waals surface area (Å²) in [4.78, 5) is 23.0. The van der Waals surface area contributed by atoms with Crippen LogP contribution in [0.5, 0.6) is 0 Å². The number of nitrogens with zero attached hydrogens (tertiary/aromatic N) is 1. The molecule has 1 saturated heterocycles. The van der Waals surface area contributed by atoms with Crippen molar-refractivity contribution in [3.8, 4) is 22.5 Å². The molecule has 0 aromatic heterocycles. The van der Waals surface area contributed by atoms with Gasteiger partial charge in [-0.05, 0) is 35.9 Å². The molecule has 11 heteroatoms. The number of hydrogen-bond acceptors (Lipinski definition) is 6. The standard InChI is InChI=1S/C25H20N2O8S/c26-19-8-7-17-21(15-5-3-13(24(28)29)11-18(15)25(30)31)16-6-4-14(27-9-1-2-10-27)12-20(16)35-22(17)23(19)36(32,33)34/h3-8,11-12,26H,1-2,9-10H2,(H3,28,29,30,31,32,33,34)/p+1. The third kappa shape index (κ3) is 3.88. The van der Waals surface area contributed by atoms with Crippen LogP contribution in [-0.4, -0.2) is 48.2 Å². The molecular formula is C25H21N2O8S+. The highest BCUT2D eigenvalue weighted by Gasteiger charge is 2.28. The first-order chi connectivity index (χ1) is 17.1. The highest BCUT2D eigenvalue weighted by molar-refractivity contribution is 7.86. The van der Waals surface area contributed by atoms with Gasteiger partial charge in [-0.3, -0.25) is 4.55 Å². The molecule has 2 heterocycles. The van der Waals surface area contributed by atoms with Gasteiger partial charge in [0.15, 0.2) is 10.5 Å². The van der Waals surface area contributed by atoms with Crippen molar-refractivity contribution in [2.75, 3.05) is 18.8 Å². The van der Waals surface area contributed by atoms with Crippen molar-refractivity contribution in [3.63, 3.8) is 0 Å². The molecule has 36 heavy (non-hydrogen) atoms. The maximum Gasteiger partial charge on any atom is 0.336 e. The Morgan fingerprint density at radius 3 is 2.25 bits per heavy atom. The lowest BCUT2D eigenvalue weighted by Gasteiger charge is -2.18. The molecule has 1 fully saturated rings. The summed E-state index contributed by atoms with van der Waals surface area (Å²) in [6, 6.07) is 11.8. The number of aromatic carboxylic acids is 2. The average molecular weight is 510 g/mol. The molecule has 0 amide bonds.